The van der Waals surface area contributed by atoms with Crippen LogP contribution >= 0.6 is 12.2 Å². The molecule has 0 radical (unpaired) electrons. The number of nitrogens with zero attached hydrogens (tertiary/aromatic N) is 2. The third-order valence-corrected chi connectivity index (χ3v) is 6.33. The first-order valence-corrected chi connectivity index (χ1v) is 9.42. The second-order valence-corrected chi connectivity index (χ2v) is 7.93. The smallest absolute Gasteiger partial charge is 0.243 e. The number of nitrogens with one attached hydrogen (secondary N) is 1. The summed E-state index contributed by atoms with van der Waals surface area (Å²) in [7, 11) is -3.45. The van der Waals surface area contributed by atoms with Gasteiger partial charge in [-0.3, -0.25) is 0 Å². The van der Waals surface area contributed by atoms with Crippen LogP contribution in [0.15, 0.2) is 35.7 Å². The number of benzene rings is 1. The normalized spacial score (nSPS) is 16.2. The molecule has 1 fully saturated rings. The highest BCUT2D eigenvalue weighted by molar-refractivity contribution is 7.89. The molecule has 5 nitrogen and oxygen atoms in total. The molecule has 126 valence electrons. The minimum absolute atomic E-state index is 0.401. The first kappa shape index (κ1) is 17.9. The highest BCUT2D eigenvalue weighted by Crippen LogP contribution is 2.22. The van der Waals surface area contributed by atoms with E-state index in [0.717, 1.165) is 11.1 Å². The van der Waals surface area contributed by atoms with Crippen molar-refractivity contribution in [3.8, 4) is 0 Å². The molecule has 0 spiro atoms. The molecule has 1 aliphatic rings. The van der Waals surface area contributed by atoms with Gasteiger partial charge in [0.05, 0.1) is 4.90 Å². The van der Waals surface area contributed by atoms with Gasteiger partial charge >= 0.3 is 0 Å². The van der Waals surface area contributed by atoms with E-state index in [1.54, 1.807) is 16.4 Å². The quantitative estimate of drug-likeness (QED) is 0.659. The van der Waals surface area contributed by atoms with Gasteiger partial charge < -0.3 is 10.2 Å². The summed E-state index contributed by atoms with van der Waals surface area (Å²) in [5.74, 6) is 0. The zero-order valence-electron chi connectivity index (χ0n) is 13.6. The van der Waals surface area contributed by atoms with Gasteiger partial charge in [0, 0.05) is 32.7 Å². The van der Waals surface area contributed by atoms with Crippen molar-refractivity contribution in [3.63, 3.8) is 0 Å². The van der Waals surface area contributed by atoms with Crippen molar-refractivity contribution in [2.45, 2.75) is 18.7 Å². The van der Waals surface area contributed by atoms with Gasteiger partial charge in [0.25, 0.3) is 0 Å². The van der Waals surface area contributed by atoms with Gasteiger partial charge in [0.2, 0.25) is 10.0 Å². The second kappa shape index (κ2) is 7.42. The Labute approximate surface area is 144 Å². The fraction of sp³-hybridized carbons (Fsp3) is 0.438. The van der Waals surface area contributed by atoms with Crippen molar-refractivity contribution in [1.29, 1.82) is 0 Å². The number of thiocarbonyl (C=S) groups is 1. The molecule has 23 heavy (non-hydrogen) atoms. The van der Waals surface area contributed by atoms with E-state index >= 15 is 0 Å². The molecule has 0 saturated carbocycles. The standard InChI is InChI=1S/C16H23N3O2S2/c1-4-7-17-16(22)18-8-10-19(11-9-18)23(20,21)15-12-13(2)5-6-14(15)3/h4-6,12H,1,7-11H2,2-3H3,(H,17,22). The topological polar surface area (TPSA) is 52.6 Å². The lowest BCUT2D eigenvalue weighted by molar-refractivity contribution is 0.264. The minimum Gasteiger partial charge on any atom is -0.359 e. The summed E-state index contributed by atoms with van der Waals surface area (Å²) in [5.41, 5.74) is 1.73. The molecule has 1 saturated heterocycles. The van der Waals surface area contributed by atoms with Gasteiger partial charge in [-0.05, 0) is 43.3 Å². The summed E-state index contributed by atoms with van der Waals surface area (Å²) in [4.78, 5) is 2.40. The van der Waals surface area contributed by atoms with Crippen molar-refractivity contribution < 1.29 is 8.42 Å². The zero-order chi connectivity index (χ0) is 17.0. The minimum atomic E-state index is -3.45. The van der Waals surface area contributed by atoms with Crippen LogP contribution in [0.5, 0.6) is 0 Å². The Kier molecular flexibility index (Phi) is 5.78. The third-order valence-electron chi connectivity index (χ3n) is 3.88. The van der Waals surface area contributed by atoms with E-state index in [1.807, 2.05) is 30.9 Å². The van der Waals surface area contributed by atoms with E-state index in [9.17, 15) is 8.42 Å². The molecular formula is C16H23N3O2S2. The lowest BCUT2D eigenvalue weighted by Crippen LogP contribution is -2.53. The summed E-state index contributed by atoms with van der Waals surface area (Å²) in [5, 5.41) is 3.72. The highest BCUT2D eigenvalue weighted by atomic mass is 32.2. The van der Waals surface area contributed by atoms with Crippen molar-refractivity contribution in [1.82, 2.24) is 14.5 Å². The Morgan fingerprint density at radius 1 is 1.30 bits per heavy atom. The maximum absolute atomic E-state index is 12.9. The van der Waals surface area contributed by atoms with Crippen molar-refractivity contribution in [3.05, 3.63) is 42.0 Å². The van der Waals surface area contributed by atoms with E-state index in [2.05, 4.69) is 11.9 Å². The molecule has 0 atom stereocenters. The number of hydrogen-bond donors (Lipinski definition) is 1. The zero-order valence-corrected chi connectivity index (χ0v) is 15.2. The maximum Gasteiger partial charge on any atom is 0.243 e. The molecule has 1 N–H and O–H groups in total. The average molecular weight is 354 g/mol. The van der Waals surface area contributed by atoms with E-state index in [4.69, 9.17) is 12.2 Å². The predicted molar refractivity (Wildman–Crippen MR) is 97.0 cm³/mol. The number of aryl methyl sites for hydroxylation is 2. The van der Waals surface area contributed by atoms with Crippen LogP contribution in [0.3, 0.4) is 0 Å². The Morgan fingerprint density at radius 2 is 1.96 bits per heavy atom. The van der Waals surface area contributed by atoms with Crippen molar-refractivity contribution >= 4 is 27.4 Å². The number of sulfonamides is 1. The van der Waals surface area contributed by atoms with E-state index < -0.39 is 10.0 Å². The Bertz CT molecular complexity index is 693. The van der Waals surface area contributed by atoms with E-state index in [1.165, 1.54) is 0 Å². The van der Waals surface area contributed by atoms with Crippen LogP contribution in [-0.4, -0.2) is 55.5 Å². The molecule has 7 heteroatoms. The van der Waals surface area contributed by atoms with Crippen LogP contribution in [-0.2, 0) is 10.0 Å². The predicted octanol–water partition coefficient (Wildman–Crippen LogP) is 1.67. The van der Waals surface area contributed by atoms with Gasteiger partial charge in [-0.25, -0.2) is 8.42 Å². The fourth-order valence-corrected chi connectivity index (χ4v) is 4.52. The molecule has 1 heterocycles. The number of hydrogen-bond acceptors (Lipinski definition) is 3. The van der Waals surface area contributed by atoms with E-state index in [0.29, 0.717) is 42.7 Å². The number of rotatable bonds is 4. The summed E-state index contributed by atoms with van der Waals surface area (Å²) >= 11 is 5.30. The SMILES string of the molecule is C=CCNC(=S)N1CCN(S(=O)(=O)c2cc(C)ccc2C)CC1. The highest BCUT2D eigenvalue weighted by Gasteiger charge is 2.30. The molecule has 0 unspecified atom stereocenters. The molecule has 0 aliphatic carbocycles. The van der Waals surface area contributed by atoms with E-state index in [-0.39, 0.29) is 0 Å². The van der Waals surface area contributed by atoms with Crippen LogP contribution in [0.4, 0.5) is 0 Å². The van der Waals surface area contributed by atoms with Crippen LogP contribution < -0.4 is 5.32 Å². The molecule has 0 bridgehead atoms. The summed E-state index contributed by atoms with van der Waals surface area (Å²) < 4.78 is 27.3. The van der Waals surface area contributed by atoms with Gasteiger partial charge in [-0.15, -0.1) is 6.58 Å². The maximum atomic E-state index is 12.9. The van der Waals surface area contributed by atoms with Crippen LogP contribution in [0.1, 0.15) is 11.1 Å². The molecule has 0 aromatic heterocycles. The van der Waals surface area contributed by atoms with Gasteiger partial charge in [-0.2, -0.15) is 4.31 Å². The Balaban J connectivity index is 2.08. The summed E-state index contributed by atoms with van der Waals surface area (Å²) in [6.45, 7) is 10.0. The largest absolute Gasteiger partial charge is 0.359 e. The first-order chi connectivity index (χ1) is 10.9. The molecule has 0 amide bonds. The second-order valence-electron chi connectivity index (χ2n) is 5.63. The lowest BCUT2D eigenvalue weighted by atomic mass is 10.2. The molecule has 1 aromatic carbocycles. The molecule has 1 aliphatic heterocycles. The Morgan fingerprint density at radius 3 is 2.57 bits per heavy atom. The number of piperazine rings is 1. The lowest BCUT2D eigenvalue weighted by Gasteiger charge is -2.35. The van der Waals surface area contributed by atoms with Gasteiger partial charge in [-0.1, -0.05) is 18.2 Å². The summed E-state index contributed by atoms with van der Waals surface area (Å²) in [6.07, 6.45) is 1.74. The van der Waals surface area contributed by atoms with Gasteiger partial charge in [0.1, 0.15) is 0 Å². The average Bonchev–Trinajstić information content (AvgIpc) is 2.54. The molecular weight excluding hydrogens is 330 g/mol. The van der Waals surface area contributed by atoms with Gasteiger partial charge in [0.15, 0.2) is 5.11 Å². The first-order valence-electron chi connectivity index (χ1n) is 7.57. The fourth-order valence-electron chi connectivity index (χ4n) is 2.53. The van der Waals surface area contributed by atoms with Crippen LogP contribution in [0.25, 0.3) is 0 Å². The Hall–Kier alpha value is -1.44. The van der Waals surface area contributed by atoms with Crippen LogP contribution in [0.2, 0.25) is 0 Å². The van der Waals surface area contributed by atoms with Crippen molar-refractivity contribution in [2.24, 2.45) is 0 Å². The summed E-state index contributed by atoms with van der Waals surface area (Å²) in [6, 6.07) is 5.52. The monoisotopic (exact) mass is 353 g/mol. The van der Waals surface area contributed by atoms with Crippen molar-refractivity contribution in [2.75, 3.05) is 32.7 Å². The third kappa shape index (κ3) is 4.10. The molecule has 2 rings (SSSR count). The molecule has 1 aromatic rings. The van der Waals surface area contributed by atoms with Crippen LogP contribution in [0, 0.1) is 13.8 Å².